The largest absolute Gasteiger partial charge is 0.496 e. The van der Waals surface area contributed by atoms with Crippen LogP contribution in [0.25, 0.3) is 0 Å². The predicted molar refractivity (Wildman–Crippen MR) is 101 cm³/mol. The van der Waals surface area contributed by atoms with E-state index < -0.39 is 5.91 Å². The number of nitriles is 1. The number of carbonyl (C=O) groups excluding carboxylic acids is 1. The Morgan fingerprint density at radius 2 is 2.04 bits per heavy atom. The van der Waals surface area contributed by atoms with Crippen LogP contribution in [0, 0.1) is 16.7 Å². The first-order valence-corrected chi connectivity index (χ1v) is 7.94. The van der Waals surface area contributed by atoms with E-state index in [4.69, 9.17) is 25.6 Å². The highest BCUT2D eigenvalue weighted by Gasteiger charge is 2.15. The molecule has 0 radical (unpaired) electrons. The molecule has 27 heavy (non-hydrogen) atoms. The highest BCUT2D eigenvalue weighted by atomic mass is 16.5. The second kappa shape index (κ2) is 7.45. The molecule has 0 saturated heterocycles. The van der Waals surface area contributed by atoms with E-state index in [0.717, 1.165) is 0 Å². The number of furan rings is 1. The number of nitrogens with two attached hydrogens (primary N) is 1. The first-order valence-electron chi connectivity index (χ1n) is 7.94. The van der Waals surface area contributed by atoms with Crippen molar-refractivity contribution in [1.82, 2.24) is 0 Å². The molecular weight excluding hydrogens is 344 g/mol. The maximum atomic E-state index is 12.6. The molecule has 0 aliphatic carbocycles. The lowest BCUT2D eigenvalue weighted by Crippen LogP contribution is -2.14. The monoisotopic (exact) mass is 360 g/mol. The summed E-state index contributed by atoms with van der Waals surface area (Å²) in [7, 11) is 1.43. The molecule has 0 saturated carbocycles. The number of rotatable bonds is 5. The quantitative estimate of drug-likeness (QED) is 0.475. The fraction of sp³-hybridized carbons (Fsp3) is 0.0500. The van der Waals surface area contributed by atoms with Gasteiger partial charge in [0.05, 0.1) is 42.5 Å². The maximum Gasteiger partial charge on any atom is 0.259 e. The maximum absolute atomic E-state index is 12.6. The lowest BCUT2D eigenvalue weighted by atomic mass is 10.0. The Kier molecular flexibility index (Phi) is 4.90. The third kappa shape index (κ3) is 3.65. The third-order valence-electron chi connectivity index (χ3n) is 3.97. The molecule has 0 unspecified atom stereocenters. The molecule has 3 rings (SSSR count). The minimum absolute atomic E-state index is 0.188. The molecule has 3 aromatic rings. The highest BCUT2D eigenvalue weighted by Crippen LogP contribution is 2.24. The van der Waals surface area contributed by atoms with E-state index in [9.17, 15) is 4.79 Å². The van der Waals surface area contributed by atoms with Gasteiger partial charge in [0.15, 0.2) is 0 Å². The number of nitrogens with zero attached hydrogens (tertiary/aromatic N) is 1. The molecule has 134 valence electrons. The van der Waals surface area contributed by atoms with Crippen molar-refractivity contribution < 1.29 is 13.9 Å². The number of benzene rings is 2. The number of carbonyl (C=O) groups is 1. The molecule has 0 bridgehead atoms. The molecule has 1 amide bonds. The van der Waals surface area contributed by atoms with Crippen molar-refractivity contribution in [3.8, 4) is 11.8 Å². The lowest BCUT2D eigenvalue weighted by molar-refractivity contribution is 0.102. The van der Waals surface area contributed by atoms with E-state index >= 15 is 0 Å². The summed E-state index contributed by atoms with van der Waals surface area (Å²) in [6, 6.07) is 13.1. The lowest BCUT2D eigenvalue weighted by Gasteiger charge is -2.12. The first kappa shape index (κ1) is 17.8. The van der Waals surface area contributed by atoms with E-state index in [0.29, 0.717) is 39.4 Å². The van der Waals surface area contributed by atoms with Crippen molar-refractivity contribution >= 4 is 23.0 Å². The molecule has 7 nitrogen and oxygen atoms in total. The minimum atomic E-state index is -0.401. The number of hydrogen-bond acceptors (Lipinski definition) is 6. The molecular formula is C20H16N4O3. The van der Waals surface area contributed by atoms with Crippen LogP contribution in [0.3, 0.4) is 0 Å². The number of anilines is 2. The van der Waals surface area contributed by atoms with Gasteiger partial charge in [-0.1, -0.05) is 0 Å². The summed E-state index contributed by atoms with van der Waals surface area (Å²) in [6.07, 6.45) is 2.93. The molecule has 1 aromatic heterocycles. The number of ether oxygens (including phenoxy) is 1. The SMILES string of the molecule is COc1cc(C#N)ccc1C(=O)Nc1ccc(N)c(C(=N)c2ccoc2)c1. The standard InChI is InChI=1S/C20H16N4O3/c1-26-18-8-12(10-21)2-4-15(18)20(25)24-14-3-5-17(22)16(9-14)19(23)13-6-7-27-11-13/h2-9,11,23H,22H2,1H3,(H,24,25). The van der Waals surface area contributed by atoms with Crippen LogP contribution < -0.4 is 15.8 Å². The van der Waals surface area contributed by atoms with Crippen LogP contribution in [0.15, 0.2) is 59.4 Å². The van der Waals surface area contributed by atoms with Gasteiger partial charge >= 0.3 is 0 Å². The van der Waals surface area contributed by atoms with E-state index in [-0.39, 0.29) is 5.71 Å². The van der Waals surface area contributed by atoms with E-state index in [1.165, 1.54) is 31.8 Å². The molecule has 2 aromatic carbocycles. The number of methoxy groups -OCH3 is 1. The van der Waals surface area contributed by atoms with Crippen LogP contribution in [0.2, 0.25) is 0 Å². The first-order chi connectivity index (χ1) is 13.0. The number of nitrogens with one attached hydrogen (secondary N) is 2. The van der Waals surface area contributed by atoms with Gasteiger partial charge in [-0.15, -0.1) is 0 Å². The van der Waals surface area contributed by atoms with Crippen molar-refractivity contribution in [3.05, 3.63) is 77.2 Å². The summed E-state index contributed by atoms with van der Waals surface area (Å²) in [5.74, 6) is -0.102. The number of nitrogen functional groups attached to an aromatic ring is 1. The molecule has 0 atom stereocenters. The van der Waals surface area contributed by atoms with Crippen LogP contribution in [-0.2, 0) is 0 Å². The van der Waals surface area contributed by atoms with Gasteiger partial charge in [0.25, 0.3) is 5.91 Å². The number of hydrogen-bond donors (Lipinski definition) is 3. The zero-order chi connectivity index (χ0) is 19.4. The van der Waals surface area contributed by atoms with Crippen molar-refractivity contribution in [3.63, 3.8) is 0 Å². The summed E-state index contributed by atoms with van der Waals surface area (Å²) in [4.78, 5) is 12.6. The average molecular weight is 360 g/mol. The molecule has 4 N–H and O–H groups in total. The van der Waals surface area contributed by atoms with Gasteiger partial charge in [-0.2, -0.15) is 5.26 Å². The van der Waals surface area contributed by atoms with Crippen molar-refractivity contribution in [2.75, 3.05) is 18.2 Å². The second-order valence-corrected chi connectivity index (χ2v) is 5.67. The summed E-state index contributed by atoms with van der Waals surface area (Å²) in [5.41, 5.74) is 8.80. The molecule has 0 aliphatic rings. The van der Waals surface area contributed by atoms with Crippen molar-refractivity contribution in [2.45, 2.75) is 0 Å². The van der Waals surface area contributed by atoms with Crippen molar-refractivity contribution in [2.24, 2.45) is 0 Å². The summed E-state index contributed by atoms with van der Waals surface area (Å²) < 4.78 is 10.2. The van der Waals surface area contributed by atoms with Crippen LogP contribution in [0.5, 0.6) is 5.75 Å². The van der Waals surface area contributed by atoms with E-state index in [1.54, 1.807) is 30.3 Å². The van der Waals surface area contributed by atoms with Gasteiger partial charge in [-0.05, 0) is 42.5 Å². The fourth-order valence-electron chi connectivity index (χ4n) is 2.56. The topological polar surface area (TPSA) is 125 Å². The summed E-state index contributed by atoms with van der Waals surface area (Å²) in [6.45, 7) is 0. The fourth-order valence-corrected chi connectivity index (χ4v) is 2.56. The van der Waals surface area contributed by atoms with Gasteiger partial charge in [0.1, 0.15) is 5.75 Å². The average Bonchev–Trinajstić information content (AvgIpc) is 3.23. The molecule has 7 heteroatoms. The zero-order valence-corrected chi connectivity index (χ0v) is 14.4. The van der Waals surface area contributed by atoms with Gasteiger partial charge < -0.3 is 20.2 Å². The van der Waals surface area contributed by atoms with Crippen LogP contribution in [0.1, 0.15) is 27.0 Å². The third-order valence-corrected chi connectivity index (χ3v) is 3.97. The molecule has 0 fully saturated rings. The minimum Gasteiger partial charge on any atom is -0.496 e. The van der Waals surface area contributed by atoms with Crippen LogP contribution in [0.4, 0.5) is 11.4 Å². The summed E-state index contributed by atoms with van der Waals surface area (Å²) >= 11 is 0. The normalized spacial score (nSPS) is 10.1. The Morgan fingerprint density at radius 1 is 1.22 bits per heavy atom. The Hall–Kier alpha value is -4.05. The van der Waals surface area contributed by atoms with Gasteiger partial charge in [-0.25, -0.2) is 0 Å². The molecule has 1 heterocycles. The van der Waals surface area contributed by atoms with Crippen LogP contribution in [-0.4, -0.2) is 18.7 Å². The van der Waals surface area contributed by atoms with Gasteiger partial charge in [0, 0.05) is 22.5 Å². The zero-order valence-electron chi connectivity index (χ0n) is 14.4. The highest BCUT2D eigenvalue weighted by molar-refractivity contribution is 6.14. The Bertz CT molecular complexity index is 1050. The predicted octanol–water partition coefficient (Wildman–Crippen LogP) is 3.41. The van der Waals surface area contributed by atoms with E-state index in [1.807, 2.05) is 6.07 Å². The van der Waals surface area contributed by atoms with Crippen LogP contribution >= 0.6 is 0 Å². The Balaban J connectivity index is 1.88. The second-order valence-electron chi connectivity index (χ2n) is 5.67. The van der Waals surface area contributed by atoms with Gasteiger partial charge in [0.2, 0.25) is 0 Å². The Morgan fingerprint density at radius 3 is 2.70 bits per heavy atom. The Labute approximate surface area is 155 Å². The summed E-state index contributed by atoms with van der Waals surface area (Å²) in [5, 5.41) is 20.0. The van der Waals surface area contributed by atoms with E-state index in [2.05, 4.69) is 5.32 Å². The smallest absolute Gasteiger partial charge is 0.259 e. The van der Waals surface area contributed by atoms with Crippen molar-refractivity contribution in [1.29, 1.82) is 10.7 Å². The van der Waals surface area contributed by atoms with Gasteiger partial charge in [-0.3, -0.25) is 10.2 Å². The number of amides is 1. The molecule has 0 spiro atoms. The molecule has 0 aliphatic heterocycles.